The first kappa shape index (κ1) is 18.2. The zero-order valence-corrected chi connectivity index (χ0v) is 15.0. The summed E-state index contributed by atoms with van der Waals surface area (Å²) in [6, 6.07) is 7.06. The van der Waals surface area contributed by atoms with Gasteiger partial charge in [-0.15, -0.1) is 0 Å². The van der Waals surface area contributed by atoms with Gasteiger partial charge >= 0.3 is 5.97 Å². The lowest BCUT2D eigenvalue weighted by Gasteiger charge is -2.20. The Hall–Kier alpha value is -3.55. The molecule has 3 aromatic heterocycles. The molecule has 1 atom stereocenters. The van der Waals surface area contributed by atoms with Crippen LogP contribution >= 0.6 is 0 Å². The van der Waals surface area contributed by atoms with E-state index in [1.54, 1.807) is 56.0 Å². The van der Waals surface area contributed by atoms with Crippen LogP contribution in [0.2, 0.25) is 0 Å². The Kier molecular flexibility index (Phi) is 5.25. The molecule has 3 aromatic rings. The van der Waals surface area contributed by atoms with E-state index in [0.29, 0.717) is 11.3 Å². The van der Waals surface area contributed by atoms with Gasteiger partial charge in [-0.2, -0.15) is 5.10 Å². The van der Waals surface area contributed by atoms with E-state index in [-0.39, 0.29) is 29.4 Å². The Morgan fingerprint density at radius 3 is 2.56 bits per heavy atom. The third-order valence-corrected chi connectivity index (χ3v) is 4.27. The van der Waals surface area contributed by atoms with Crippen LogP contribution < -0.4 is 10.9 Å². The van der Waals surface area contributed by atoms with E-state index in [2.05, 4.69) is 20.4 Å². The van der Waals surface area contributed by atoms with Gasteiger partial charge in [0, 0.05) is 36.6 Å². The Labute approximate surface area is 155 Å². The molecule has 0 bridgehead atoms. The molecule has 0 aliphatic carbocycles. The number of pyridine rings is 2. The van der Waals surface area contributed by atoms with E-state index >= 15 is 0 Å². The summed E-state index contributed by atoms with van der Waals surface area (Å²) < 4.78 is 1.14. The minimum Gasteiger partial charge on any atom is -0.476 e. The van der Waals surface area contributed by atoms with Crippen molar-refractivity contribution in [1.29, 1.82) is 0 Å². The number of hydrogen-bond donors (Lipinski definition) is 2. The fourth-order valence-electron chi connectivity index (χ4n) is 2.90. The second-order valence-electron chi connectivity index (χ2n) is 5.93. The Morgan fingerprint density at radius 1 is 1.22 bits per heavy atom. The maximum atomic E-state index is 12.9. The molecule has 2 N–H and O–H groups in total. The van der Waals surface area contributed by atoms with E-state index in [0.717, 1.165) is 10.2 Å². The van der Waals surface area contributed by atoms with Crippen LogP contribution in [0.4, 0.5) is 11.4 Å². The highest BCUT2D eigenvalue weighted by atomic mass is 16.4. The molecule has 0 spiro atoms. The molecule has 0 saturated carbocycles. The molecule has 8 nitrogen and oxygen atoms in total. The molecule has 0 fully saturated rings. The first-order valence-electron chi connectivity index (χ1n) is 8.48. The van der Waals surface area contributed by atoms with Crippen molar-refractivity contribution < 1.29 is 9.90 Å². The SMILES string of the molecule is CCn1nc(C(=O)O)c(C(C)c2ccncc2)c(Nc2cccnc2)c1=O. The Balaban J connectivity index is 2.26. The summed E-state index contributed by atoms with van der Waals surface area (Å²) in [7, 11) is 0. The van der Waals surface area contributed by atoms with Gasteiger partial charge in [0.1, 0.15) is 5.69 Å². The third kappa shape index (κ3) is 3.69. The largest absolute Gasteiger partial charge is 0.476 e. The van der Waals surface area contributed by atoms with Crippen LogP contribution in [0, 0.1) is 0 Å². The first-order chi connectivity index (χ1) is 13.0. The van der Waals surface area contributed by atoms with Crippen LogP contribution in [0.25, 0.3) is 0 Å². The van der Waals surface area contributed by atoms with Gasteiger partial charge in [0.25, 0.3) is 5.56 Å². The lowest BCUT2D eigenvalue weighted by Crippen LogP contribution is -2.30. The van der Waals surface area contributed by atoms with Crippen molar-refractivity contribution in [2.24, 2.45) is 0 Å². The predicted molar refractivity (Wildman–Crippen MR) is 100 cm³/mol. The van der Waals surface area contributed by atoms with Crippen molar-refractivity contribution in [3.05, 3.63) is 76.2 Å². The molecule has 3 heterocycles. The van der Waals surface area contributed by atoms with E-state index < -0.39 is 5.97 Å². The normalized spacial score (nSPS) is 11.8. The number of aromatic nitrogens is 4. The maximum absolute atomic E-state index is 12.9. The van der Waals surface area contributed by atoms with Crippen molar-refractivity contribution in [2.45, 2.75) is 26.3 Å². The number of carboxylic acids is 1. The zero-order chi connectivity index (χ0) is 19.4. The standard InChI is InChI=1S/C19H19N5O3/c1-3-24-18(25)16(22-14-5-4-8-21-11-14)15(17(23-24)19(26)27)12(2)13-6-9-20-10-7-13/h4-12,22H,3H2,1-2H3,(H,26,27). The van der Waals surface area contributed by atoms with E-state index in [1.165, 1.54) is 0 Å². The van der Waals surface area contributed by atoms with E-state index in [9.17, 15) is 14.7 Å². The van der Waals surface area contributed by atoms with Gasteiger partial charge in [-0.3, -0.25) is 14.8 Å². The second-order valence-corrected chi connectivity index (χ2v) is 5.93. The Bertz CT molecular complexity index is 1000. The fourth-order valence-corrected chi connectivity index (χ4v) is 2.90. The van der Waals surface area contributed by atoms with Gasteiger partial charge in [0.05, 0.1) is 11.9 Å². The molecule has 0 radical (unpaired) electrons. The lowest BCUT2D eigenvalue weighted by atomic mass is 9.91. The van der Waals surface area contributed by atoms with Crippen LogP contribution in [0.3, 0.4) is 0 Å². The molecule has 0 aliphatic heterocycles. The van der Waals surface area contributed by atoms with Gasteiger partial charge < -0.3 is 10.4 Å². The zero-order valence-electron chi connectivity index (χ0n) is 15.0. The van der Waals surface area contributed by atoms with E-state index in [4.69, 9.17) is 0 Å². The van der Waals surface area contributed by atoms with Gasteiger partial charge in [0.2, 0.25) is 0 Å². The summed E-state index contributed by atoms with van der Waals surface area (Å²) in [5, 5.41) is 16.9. The summed E-state index contributed by atoms with van der Waals surface area (Å²) in [5.41, 5.74) is 1.38. The predicted octanol–water partition coefficient (Wildman–Crippen LogP) is 2.65. The number of nitrogens with zero attached hydrogens (tertiary/aromatic N) is 4. The molecule has 3 rings (SSSR count). The molecule has 8 heteroatoms. The molecular formula is C19H19N5O3. The van der Waals surface area contributed by atoms with Crippen LogP contribution in [0.15, 0.2) is 53.8 Å². The van der Waals surface area contributed by atoms with Crippen molar-refractivity contribution in [3.63, 3.8) is 0 Å². The van der Waals surface area contributed by atoms with Crippen molar-refractivity contribution in [1.82, 2.24) is 19.7 Å². The van der Waals surface area contributed by atoms with E-state index in [1.807, 2.05) is 6.92 Å². The summed E-state index contributed by atoms with van der Waals surface area (Å²) >= 11 is 0. The average Bonchev–Trinajstić information content (AvgIpc) is 2.70. The highest BCUT2D eigenvalue weighted by molar-refractivity contribution is 5.89. The summed E-state index contributed by atoms with van der Waals surface area (Å²) in [6.45, 7) is 3.83. The summed E-state index contributed by atoms with van der Waals surface area (Å²) in [5.74, 6) is -1.58. The van der Waals surface area contributed by atoms with Crippen LogP contribution in [-0.4, -0.2) is 30.8 Å². The van der Waals surface area contributed by atoms with Crippen LogP contribution in [0.5, 0.6) is 0 Å². The monoisotopic (exact) mass is 365 g/mol. The molecule has 0 saturated heterocycles. The first-order valence-corrected chi connectivity index (χ1v) is 8.48. The van der Waals surface area contributed by atoms with Gasteiger partial charge in [-0.05, 0) is 36.8 Å². The quantitative estimate of drug-likeness (QED) is 0.691. The minimum absolute atomic E-state index is 0.160. The molecule has 1 unspecified atom stereocenters. The molecule has 0 aromatic carbocycles. The number of carbonyl (C=O) groups is 1. The molecule has 0 amide bonds. The van der Waals surface area contributed by atoms with Gasteiger partial charge in [-0.1, -0.05) is 6.92 Å². The van der Waals surface area contributed by atoms with Crippen LogP contribution in [0.1, 0.15) is 41.4 Å². The molecule has 138 valence electrons. The lowest BCUT2D eigenvalue weighted by molar-refractivity contribution is 0.0685. The van der Waals surface area contributed by atoms with Crippen LogP contribution in [-0.2, 0) is 6.54 Å². The molecular weight excluding hydrogens is 346 g/mol. The van der Waals surface area contributed by atoms with Crippen molar-refractivity contribution >= 4 is 17.3 Å². The second kappa shape index (κ2) is 7.77. The number of aryl methyl sites for hydroxylation is 1. The number of anilines is 2. The molecule has 27 heavy (non-hydrogen) atoms. The third-order valence-electron chi connectivity index (χ3n) is 4.27. The number of carboxylic acid groups (broad SMARTS) is 1. The highest BCUT2D eigenvalue weighted by Gasteiger charge is 2.26. The maximum Gasteiger partial charge on any atom is 0.356 e. The Morgan fingerprint density at radius 2 is 1.96 bits per heavy atom. The minimum atomic E-state index is -1.19. The molecule has 0 aliphatic rings. The van der Waals surface area contributed by atoms with Gasteiger partial charge in [-0.25, -0.2) is 9.48 Å². The van der Waals surface area contributed by atoms with Crippen molar-refractivity contribution in [3.8, 4) is 0 Å². The number of rotatable bonds is 6. The van der Waals surface area contributed by atoms with Crippen molar-refractivity contribution in [2.75, 3.05) is 5.32 Å². The highest BCUT2D eigenvalue weighted by Crippen LogP contribution is 2.31. The number of hydrogen-bond acceptors (Lipinski definition) is 6. The topological polar surface area (TPSA) is 110 Å². The smallest absolute Gasteiger partial charge is 0.356 e. The fraction of sp³-hybridized carbons (Fsp3) is 0.211. The number of aromatic carboxylic acids is 1. The average molecular weight is 365 g/mol. The number of nitrogens with one attached hydrogen (secondary N) is 1. The summed E-state index contributed by atoms with van der Waals surface area (Å²) in [6.07, 6.45) is 6.44. The summed E-state index contributed by atoms with van der Waals surface area (Å²) in [4.78, 5) is 32.9. The van der Waals surface area contributed by atoms with Gasteiger partial charge in [0.15, 0.2) is 5.69 Å².